The van der Waals surface area contributed by atoms with E-state index in [1.165, 1.54) is 23.4 Å². The van der Waals surface area contributed by atoms with E-state index < -0.39 is 0 Å². The summed E-state index contributed by atoms with van der Waals surface area (Å²) in [5.41, 5.74) is 0.995. The summed E-state index contributed by atoms with van der Waals surface area (Å²) >= 11 is 7.20. The van der Waals surface area contributed by atoms with Gasteiger partial charge in [0.25, 0.3) is 5.56 Å². The molecule has 1 aromatic carbocycles. The Morgan fingerprint density at radius 3 is 2.59 bits per heavy atom. The number of carbonyl (C=O) groups is 1. The SMILES string of the molecule is Cn1c2c(c(=O)n(C)c1=O)NC(SCC(=O)c1ccc(Cl)cc1)=CCCC2. The summed E-state index contributed by atoms with van der Waals surface area (Å²) in [4.78, 5) is 37.1. The Bertz CT molecular complexity index is 1020. The number of nitrogens with one attached hydrogen (secondary N) is 1. The zero-order valence-corrected chi connectivity index (χ0v) is 16.7. The number of nitrogens with zero attached hydrogens (tertiary/aromatic N) is 2. The number of rotatable bonds is 4. The molecular formula is C19H20ClN3O3S. The summed E-state index contributed by atoms with van der Waals surface area (Å²) in [5.74, 6) is 0.219. The fourth-order valence-electron chi connectivity index (χ4n) is 2.94. The number of Topliss-reactive ketones (excluding diaryl/α,β-unsaturated/α-hetero) is 1. The smallest absolute Gasteiger partial charge is 0.330 e. The summed E-state index contributed by atoms with van der Waals surface area (Å²) in [6, 6.07) is 6.78. The Balaban J connectivity index is 1.81. The van der Waals surface area contributed by atoms with Crippen molar-refractivity contribution in [1.29, 1.82) is 0 Å². The molecule has 0 amide bonds. The third-order valence-corrected chi connectivity index (χ3v) is 5.74. The molecule has 2 aromatic rings. The van der Waals surface area contributed by atoms with Crippen LogP contribution in [0.1, 0.15) is 28.9 Å². The van der Waals surface area contributed by atoms with Crippen LogP contribution in [0.15, 0.2) is 45.0 Å². The van der Waals surface area contributed by atoms with Crippen LogP contribution >= 0.6 is 23.4 Å². The highest BCUT2D eigenvalue weighted by Crippen LogP contribution is 2.25. The monoisotopic (exact) mass is 405 g/mol. The number of fused-ring (bicyclic) bond motifs is 1. The Hall–Kier alpha value is -2.25. The molecule has 1 N–H and O–H groups in total. The molecule has 1 aromatic heterocycles. The van der Waals surface area contributed by atoms with Gasteiger partial charge < -0.3 is 5.32 Å². The molecule has 27 heavy (non-hydrogen) atoms. The molecular weight excluding hydrogens is 386 g/mol. The maximum Gasteiger partial charge on any atom is 0.330 e. The maximum atomic E-state index is 12.6. The fourth-order valence-corrected chi connectivity index (χ4v) is 3.93. The van der Waals surface area contributed by atoms with Gasteiger partial charge in [-0.25, -0.2) is 4.79 Å². The van der Waals surface area contributed by atoms with Gasteiger partial charge in [0.05, 0.1) is 16.5 Å². The van der Waals surface area contributed by atoms with E-state index in [2.05, 4.69) is 5.32 Å². The molecule has 0 atom stereocenters. The Morgan fingerprint density at radius 2 is 1.89 bits per heavy atom. The summed E-state index contributed by atoms with van der Waals surface area (Å²) in [7, 11) is 3.14. The topological polar surface area (TPSA) is 73.1 Å². The minimum atomic E-state index is -0.356. The number of benzene rings is 1. The first-order chi connectivity index (χ1) is 12.9. The molecule has 1 aliphatic heterocycles. The lowest BCUT2D eigenvalue weighted by molar-refractivity contribution is 0.102. The molecule has 0 unspecified atom stereocenters. The first kappa shape index (κ1) is 19.5. The fraction of sp³-hybridized carbons (Fsp3) is 0.316. The number of hydrogen-bond acceptors (Lipinski definition) is 5. The minimum Gasteiger partial charge on any atom is -0.345 e. The van der Waals surface area contributed by atoms with Crippen molar-refractivity contribution < 1.29 is 4.79 Å². The molecule has 0 fully saturated rings. The second-order valence-electron chi connectivity index (χ2n) is 6.33. The molecule has 0 saturated heterocycles. The zero-order chi connectivity index (χ0) is 19.6. The molecule has 6 nitrogen and oxygen atoms in total. The van der Waals surface area contributed by atoms with Gasteiger partial charge in [-0.15, -0.1) is 11.8 Å². The summed E-state index contributed by atoms with van der Waals surface area (Å²) < 4.78 is 2.60. The summed E-state index contributed by atoms with van der Waals surface area (Å²) in [6.07, 6.45) is 4.26. The quantitative estimate of drug-likeness (QED) is 0.792. The first-order valence-electron chi connectivity index (χ1n) is 8.56. The van der Waals surface area contributed by atoms with Gasteiger partial charge in [0.2, 0.25) is 0 Å². The van der Waals surface area contributed by atoms with Crippen molar-refractivity contribution in [2.75, 3.05) is 11.1 Å². The third-order valence-electron chi connectivity index (χ3n) is 4.51. The predicted molar refractivity (Wildman–Crippen MR) is 110 cm³/mol. The predicted octanol–water partition coefficient (Wildman–Crippen LogP) is 2.94. The standard InChI is InChI=1S/C19H20ClN3O3S/c1-22-14-5-3-4-6-16(21-17(14)18(25)23(2)19(22)26)27-11-15(24)12-7-9-13(20)10-8-12/h6-10,21H,3-5,11H2,1-2H3. The molecule has 0 bridgehead atoms. The van der Waals surface area contributed by atoms with E-state index in [0.717, 1.165) is 22.4 Å². The normalized spacial score (nSPS) is 13.8. The number of halogens is 1. The van der Waals surface area contributed by atoms with Crippen molar-refractivity contribution in [3.63, 3.8) is 0 Å². The van der Waals surface area contributed by atoms with E-state index in [1.807, 2.05) is 6.08 Å². The molecule has 2 heterocycles. The van der Waals surface area contributed by atoms with E-state index in [0.29, 0.717) is 28.4 Å². The Morgan fingerprint density at radius 1 is 1.19 bits per heavy atom. The number of carbonyl (C=O) groups excluding carboxylic acids is 1. The Kier molecular flexibility index (Phi) is 5.92. The lowest BCUT2D eigenvalue weighted by atomic mass is 10.1. The second kappa shape index (κ2) is 8.19. The zero-order valence-electron chi connectivity index (χ0n) is 15.1. The van der Waals surface area contributed by atoms with E-state index >= 15 is 0 Å². The molecule has 0 saturated carbocycles. The average molecular weight is 406 g/mol. The van der Waals surface area contributed by atoms with Gasteiger partial charge in [0, 0.05) is 24.7 Å². The van der Waals surface area contributed by atoms with Crippen molar-refractivity contribution in [3.05, 3.63) is 72.5 Å². The van der Waals surface area contributed by atoms with E-state index in [9.17, 15) is 14.4 Å². The van der Waals surface area contributed by atoms with Gasteiger partial charge in [-0.05, 0) is 43.5 Å². The molecule has 142 valence electrons. The minimum absolute atomic E-state index is 0.0185. The lowest BCUT2D eigenvalue weighted by Crippen LogP contribution is -2.40. The van der Waals surface area contributed by atoms with Crippen LogP contribution in [-0.2, 0) is 20.5 Å². The van der Waals surface area contributed by atoms with Crippen LogP contribution in [0.2, 0.25) is 5.02 Å². The highest BCUT2D eigenvalue weighted by atomic mass is 35.5. The van der Waals surface area contributed by atoms with E-state index in [-0.39, 0.29) is 22.8 Å². The highest BCUT2D eigenvalue weighted by molar-refractivity contribution is 8.03. The van der Waals surface area contributed by atoms with Crippen molar-refractivity contribution in [3.8, 4) is 0 Å². The number of ketones is 1. The molecule has 0 spiro atoms. The van der Waals surface area contributed by atoms with Crippen LogP contribution in [-0.4, -0.2) is 20.7 Å². The first-order valence-corrected chi connectivity index (χ1v) is 9.92. The van der Waals surface area contributed by atoms with Crippen molar-refractivity contribution in [2.24, 2.45) is 14.1 Å². The largest absolute Gasteiger partial charge is 0.345 e. The van der Waals surface area contributed by atoms with Crippen LogP contribution in [0, 0.1) is 0 Å². The van der Waals surface area contributed by atoms with E-state index in [1.54, 1.807) is 31.3 Å². The van der Waals surface area contributed by atoms with Gasteiger partial charge in [-0.1, -0.05) is 17.7 Å². The van der Waals surface area contributed by atoms with Crippen LogP contribution < -0.4 is 16.6 Å². The molecule has 8 heteroatoms. The van der Waals surface area contributed by atoms with E-state index in [4.69, 9.17) is 11.6 Å². The summed E-state index contributed by atoms with van der Waals surface area (Å²) in [6.45, 7) is 0. The van der Waals surface area contributed by atoms with Gasteiger partial charge in [0.1, 0.15) is 5.69 Å². The third kappa shape index (κ3) is 4.20. The van der Waals surface area contributed by atoms with Crippen LogP contribution in [0.4, 0.5) is 5.69 Å². The molecule has 1 aliphatic rings. The van der Waals surface area contributed by atoms with Crippen molar-refractivity contribution in [2.45, 2.75) is 19.3 Å². The molecule has 0 radical (unpaired) electrons. The number of thioether (sulfide) groups is 1. The van der Waals surface area contributed by atoms with Crippen molar-refractivity contribution >= 4 is 34.8 Å². The number of allylic oxidation sites excluding steroid dienone is 1. The number of anilines is 1. The highest BCUT2D eigenvalue weighted by Gasteiger charge is 2.18. The Labute approximate surface area is 165 Å². The van der Waals surface area contributed by atoms with Gasteiger partial charge in [0.15, 0.2) is 5.78 Å². The molecule has 3 rings (SSSR count). The number of aromatic nitrogens is 2. The maximum absolute atomic E-state index is 12.6. The number of hydrogen-bond donors (Lipinski definition) is 1. The van der Waals surface area contributed by atoms with Gasteiger partial charge in [-0.2, -0.15) is 0 Å². The van der Waals surface area contributed by atoms with Crippen LogP contribution in [0.5, 0.6) is 0 Å². The second-order valence-corrected chi connectivity index (χ2v) is 7.79. The molecule has 0 aliphatic carbocycles. The van der Waals surface area contributed by atoms with Gasteiger partial charge in [-0.3, -0.25) is 18.7 Å². The van der Waals surface area contributed by atoms with Crippen molar-refractivity contribution in [1.82, 2.24) is 9.13 Å². The lowest BCUT2D eigenvalue weighted by Gasteiger charge is -2.19. The van der Waals surface area contributed by atoms with Crippen LogP contribution in [0.25, 0.3) is 0 Å². The summed E-state index contributed by atoms with van der Waals surface area (Å²) in [5, 5.41) is 4.48. The van der Waals surface area contributed by atoms with Gasteiger partial charge >= 0.3 is 5.69 Å². The van der Waals surface area contributed by atoms with Crippen LogP contribution in [0.3, 0.4) is 0 Å². The average Bonchev–Trinajstić information content (AvgIpc) is 2.64.